The van der Waals surface area contributed by atoms with Crippen LogP contribution in [-0.4, -0.2) is 45.7 Å². The first kappa shape index (κ1) is 22.8. The first-order valence-corrected chi connectivity index (χ1v) is 9.64. The summed E-state index contributed by atoms with van der Waals surface area (Å²) in [5.74, 6) is 0.136. The van der Waals surface area contributed by atoms with Crippen molar-refractivity contribution in [1.82, 2.24) is 5.32 Å². The number of nitrogens with one attached hydrogen (secondary N) is 3. The molecule has 0 aliphatic rings. The van der Waals surface area contributed by atoms with Gasteiger partial charge in [0.05, 0.1) is 30.0 Å². The number of carbonyl (C=O) groups excluding carboxylic acids is 2. The molecular weight excluding hydrogens is 417 g/mol. The van der Waals surface area contributed by atoms with Crippen LogP contribution in [0.1, 0.15) is 16.8 Å². The average Bonchev–Trinajstić information content (AvgIpc) is 2.68. The summed E-state index contributed by atoms with van der Waals surface area (Å²) >= 11 is 12.2. The summed E-state index contributed by atoms with van der Waals surface area (Å²) in [6, 6.07) is 9.94. The van der Waals surface area contributed by atoms with Crippen LogP contribution in [0.25, 0.3) is 0 Å². The molecule has 2 aromatic rings. The summed E-state index contributed by atoms with van der Waals surface area (Å²) in [5.41, 5.74) is 1.55. The van der Waals surface area contributed by atoms with Gasteiger partial charge in [-0.2, -0.15) is 0 Å². The fraction of sp³-hybridized carbons (Fsp3) is 0.300. The third-order valence-corrected chi connectivity index (χ3v) is 4.47. The van der Waals surface area contributed by atoms with Gasteiger partial charge in [0, 0.05) is 37.3 Å². The minimum atomic E-state index is -0.301. The minimum absolute atomic E-state index is 0.202. The summed E-state index contributed by atoms with van der Waals surface area (Å²) in [7, 11) is 3.12. The van der Waals surface area contributed by atoms with Crippen LogP contribution in [0.3, 0.4) is 0 Å². The normalized spacial score (nSPS) is 10.3. The molecule has 0 fully saturated rings. The number of ether oxygens (including phenoxy) is 2. The van der Waals surface area contributed by atoms with E-state index < -0.39 is 0 Å². The molecule has 0 aliphatic heterocycles. The van der Waals surface area contributed by atoms with Crippen LogP contribution in [0, 0.1) is 0 Å². The van der Waals surface area contributed by atoms with Gasteiger partial charge in [0.25, 0.3) is 5.91 Å². The molecule has 0 bridgehead atoms. The van der Waals surface area contributed by atoms with E-state index in [1.54, 1.807) is 44.6 Å². The Labute approximate surface area is 179 Å². The van der Waals surface area contributed by atoms with Gasteiger partial charge in [0.15, 0.2) is 0 Å². The highest BCUT2D eigenvalue weighted by atomic mass is 35.5. The molecule has 0 radical (unpaired) electrons. The van der Waals surface area contributed by atoms with E-state index in [0.29, 0.717) is 47.4 Å². The Kier molecular flexibility index (Phi) is 9.05. The molecule has 9 heteroatoms. The maximum Gasteiger partial charge on any atom is 0.252 e. The Balaban J connectivity index is 1.87. The Morgan fingerprint density at radius 2 is 1.83 bits per heavy atom. The second-order valence-electron chi connectivity index (χ2n) is 6.01. The molecular formula is C20H23Cl2N3O4. The van der Waals surface area contributed by atoms with Crippen LogP contribution >= 0.6 is 23.2 Å². The second kappa shape index (κ2) is 11.5. The van der Waals surface area contributed by atoms with Gasteiger partial charge in [-0.05, 0) is 36.4 Å². The molecule has 0 atom stereocenters. The Morgan fingerprint density at radius 1 is 1.03 bits per heavy atom. The van der Waals surface area contributed by atoms with Crippen LogP contribution in [0.2, 0.25) is 10.0 Å². The Bertz CT molecular complexity index is 862. The summed E-state index contributed by atoms with van der Waals surface area (Å²) in [4.78, 5) is 24.2. The molecule has 0 heterocycles. The largest absolute Gasteiger partial charge is 0.495 e. The van der Waals surface area contributed by atoms with Crippen molar-refractivity contribution in [3.05, 3.63) is 52.0 Å². The van der Waals surface area contributed by atoms with Gasteiger partial charge in [-0.15, -0.1) is 0 Å². The van der Waals surface area contributed by atoms with Gasteiger partial charge in [-0.1, -0.05) is 23.2 Å². The number of carbonyl (C=O) groups is 2. The SMILES string of the molecule is COCCNC(=O)c1ccc(NC(=O)CCNc2cc(Cl)ccc2OC)cc1Cl. The van der Waals surface area contributed by atoms with Gasteiger partial charge in [0.2, 0.25) is 5.91 Å². The van der Waals surface area contributed by atoms with Crippen molar-refractivity contribution >= 4 is 46.4 Å². The molecule has 2 aromatic carbocycles. The van der Waals surface area contributed by atoms with Crippen LogP contribution in [0.4, 0.5) is 11.4 Å². The smallest absolute Gasteiger partial charge is 0.252 e. The maximum absolute atomic E-state index is 12.2. The molecule has 0 unspecified atom stereocenters. The summed E-state index contributed by atoms with van der Waals surface area (Å²) < 4.78 is 10.1. The molecule has 2 amide bonds. The third-order valence-electron chi connectivity index (χ3n) is 3.92. The third kappa shape index (κ3) is 7.12. The molecule has 0 saturated carbocycles. The molecule has 29 heavy (non-hydrogen) atoms. The fourth-order valence-corrected chi connectivity index (χ4v) is 2.93. The first-order valence-electron chi connectivity index (χ1n) is 8.88. The molecule has 7 nitrogen and oxygen atoms in total. The molecule has 156 valence electrons. The minimum Gasteiger partial charge on any atom is -0.495 e. The highest BCUT2D eigenvalue weighted by Gasteiger charge is 2.12. The molecule has 0 aliphatic carbocycles. The van der Waals surface area contributed by atoms with Gasteiger partial charge < -0.3 is 25.4 Å². The van der Waals surface area contributed by atoms with Crippen molar-refractivity contribution in [2.45, 2.75) is 6.42 Å². The van der Waals surface area contributed by atoms with E-state index in [2.05, 4.69) is 16.0 Å². The van der Waals surface area contributed by atoms with E-state index >= 15 is 0 Å². The highest BCUT2D eigenvalue weighted by Crippen LogP contribution is 2.27. The zero-order chi connectivity index (χ0) is 21.2. The monoisotopic (exact) mass is 439 g/mol. The molecule has 0 saturated heterocycles. The fourth-order valence-electron chi connectivity index (χ4n) is 2.49. The van der Waals surface area contributed by atoms with E-state index in [0.717, 1.165) is 0 Å². The number of halogens is 2. The van der Waals surface area contributed by atoms with Crippen LogP contribution < -0.4 is 20.7 Å². The maximum atomic E-state index is 12.2. The quantitative estimate of drug-likeness (QED) is 0.489. The second-order valence-corrected chi connectivity index (χ2v) is 6.86. The average molecular weight is 440 g/mol. The van der Waals surface area contributed by atoms with E-state index in [1.165, 1.54) is 6.07 Å². The number of hydrogen-bond donors (Lipinski definition) is 3. The number of anilines is 2. The van der Waals surface area contributed by atoms with Gasteiger partial charge in [-0.3, -0.25) is 9.59 Å². The Morgan fingerprint density at radius 3 is 2.52 bits per heavy atom. The lowest BCUT2D eigenvalue weighted by Gasteiger charge is -2.12. The van der Waals surface area contributed by atoms with Gasteiger partial charge in [0.1, 0.15) is 5.75 Å². The van der Waals surface area contributed by atoms with E-state index in [4.69, 9.17) is 32.7 Å². The van der Waals surface area contributed by atoms with Crippen LogP contribution in [-0.2, 0) is 9.53 Å². The van der Waals surface area contributed by atoms with E-state index in [-0.39, 0.29) is 23.3 Å². The Hall–Kier alpha value is -2.48. The molecule has 2 rings (SSSR count). The van der Waals surface area contributed by atoms with E-state index in [9.17, 15) is 9.59 Å². The highest BCUT2D eigenvalue weighted by molar-refractivity contribution is 6.34. The number of amides is 2. The van der Waals surface area contributed by atoms with E-state index in [1.807, 2.05) is 0 Å². The lowest BCUT2D eigenvalue weighted by Crippen LogP contribution is -2.27. The number of benzene rings is 2. The number of hydrogen-bond acceptors (Lipinski definition) is 5. The molecule has 0 aromatic heterocycles. The van der Waals surface area contributed by atoms with Crippen molar-refractivity contribution in [3.63, 3.8) is 0 Å². The molecule has 0 spiro atoms. The van der Waals surface area contributed by atoms with Gasteiger partial charge >= 0.3 is 0 Å². The van der Waals surface area contributed by atoms with Crippen molar-refractivity contribution in [2.75, 3.05) is 44.5 Å². The predicted octanol–water partition coefficient (Wildman–Crippen LogP) is 3.82. The zero-order valence-electron chi connectivity index (χ0n) is 16.2. The topological polar surface area (TPSA) is 88.7 Å². The van der Waals surface area contributed by atoms with Crippen molar-refractivity contribution in [2.24, 2.45) is 0 Å². The molecule has 3 N–H and O–H groups in total. The zero-order valence-corrected chi connectivity index (χ0v) is 17.7. The first-order chi connectivity index (χ1) is 13.9. The number of rotatable bonds is 10. The summed E-state index contributed by atoms with van der Waals surface area (Å²) in [6.07, 6.45) is 0.215. The lowest BCUT2D eigenvalue weighted by atomic mass is 10.2. The van der Waals surface area contributed by atoms with Crippen molar-refractivity contribution < 1.29 is 19.1 Å². The predicted molar refractivity (Wildman–Crippen MR) is 115 cm³/mol. The van der Waals surface area contributed by atoms with Crippen molar-refractivity contribution in [1.29, 1.82) is 0 Å². The standard InChI is InChI=1S/C20H23Cl2N3O4/c1-28-10-9-24-20(27)15-5-4-14(12-16(15)22)25-19(26)7-8-23-17-11-13(21)3-6-18(17)29-2/h3-6,11-12,23H,7-10H2,1-2H3,(H,24,27)(H,25,26). The summed E-state index contributed by atoms with van der Waals surface area (Å²) in [6.45, 7) is 1.18. The van der Waals surface area contributed by atoms with Gasteiger partial charge in [-0.25, -0.2) is 0 Å². The van der Waals surface area contributed by atoms with Crippen LogP contribution in [0.15, 0.2) is 36.4 Å². The lowest BCUT2D eigenvalue weighted by molar-refractivity contribution is -0.115. The number of methoxy groups -OCH3 is 2. The van der Waals surface area contributed by atoms with Crippen molar-refractivity contribution in [3.8, 4) is 5.75 Å². The van der Waals surface area contributed by atoms with Crippen LogP contribution in [0.5, 0.6) is 5.75 Å². The summed E-state index contributed by atoms with van der Waals surface area (Å²) in [5, 5.41) is 9.39.